The summed E-state index contributed by atoms with van der Waals surface area (Å²) in [4.78, 5) is 28.0. The van der Waals surface area contributed by atoms with Gasteiger partial charge in [-0.3, -0.25) is 9.59 Å². The van der Waals surface area contributed by atoms with Crippen LogP contribution in [0.15, 0.2) is 48.5 Å². The predicted octanol–water partition coefficient (Wildman–Crippen LogP) is 5.74. The van der Waals surface area contributed by atoms with Gasteiger partial charge in [0.05, 0.1) is 0 Å². The number of nitrogens with one attached hydrogen (secondary N) is 1. The predicted molar refractivity (Wildman–Crippen MR) is 135 cm³/mol. The number of rotatable bonds is 10. The third-order valence-electron chi connectivity index (χ3n) is 5.70. The van der Waals surface area contributed by atoms with Gasteiger partial charge in [0.2, 0.25) is 5.91 Å². The van der Waals surface area contributed by atoms with Crippen molar-refractivity contribution in [2.45, 2.75) is 78.4 Å². The maximum atomic E-state index is 13.4. The van der Waals surface area contributed by atoms with Crippen LogP contribution in [-0.2, 0) is 21.5 Å². The van der Waals surface area contributed by atoms with E-state index < -0.39 is 6.04 Å². The van der Waals surface area contributed by atoms with Crippen LogP contribution in [0, 0.1) is 0 Å². The molecule has 0 bridgehead atoms. The van der Waals surface area contributed by atoms with Crippen molar-refractivity contribution in [1.29, 1.82) is 0 Å². The third kappa shape index (κ3) is 7.78. The Morgan fingerprint density at radius 2 is 1.67 bits per heavy atom. The fraction of sp³-hybridized carbons (Fsp3) is 0.481. The Balaban J connectivity index is 2.27. The van der Waals surface area contributed by atoms with Gasteiger partial charge in [-0.05, 0) is 54.5 Å². The van der Waals surface area contributed by atoms with Crippen LogP contribution in [-0.4, -0.2) is 35.4 Å². The molecule has 0 aliphatic rings. The van der Waals surface area contributed by atoms with Gasteiger partial charge >= 0.3 is 0 Å². The summed E-state index contributed by atoms with van der Waals surface area (Å²) in [7, 11) is 0. The lowest BCUT2D eigenvalue weighted by molar-refractivity contribution is -0.143. The summed E-state index contributed by atoms with van der Waals surface area (Å²) in [5, 5.41) is 3.64. The quantitative estimate of drug-likeness (QED) is 0.479. The molecule has 1 N–H and O–H groups in total. The Hall–Kier alpha value is -2.53. The number of nitrogens with zero attached hydrogens (tertiary/aromatic N) is 1. The third-order valence-corrected chi connectivity index (χ3v) is 5.95. The van der Waals surface area contributed by atoms with Crippen LogP contribution < -0.4 is 10.1 Å². The lowest BCUT2D eigenvalue weighted by Gasteiger charge is -2.31. The summed E-state index contributed by atoms with van der Waals surface area (Å²) >= 11 is 6.03. The molecule has 2 amide bonds. The molecule has 6 heteroatoms. The topological polar surface area (TPSA) is 58.6 Å². The maximum Gasteiger partial charge on any atom is 0.261 e. The van der Waals surface area contributed by atoms with Gasteiger partial charge in [0.25, 0.3) is 5.91 Å². The maximum absolute atomic E-state index is 13.4. The van der Waals surface area contributed by atoms with Gasteiger partial charge in [0.15, 0.2) is 6.61 Å². The van der Waals surface area contributed by atoms with E-state index in [-0.39, 0.29) is 29.9 Å². The van der Waals surface area contributed by atoms with Crippen molar-refractivity contribution in [2.75, 3.05) is 6.61 Å². The zero-order valence-corrected chi connectivity index (χ0v) is 21.4. The SMILES string of the molecule is CC[C@@H](C)NC(=O)[C@@H](CC)N(Cc1ccc(Cl)cc1)C(=O)COc1ccccc1C(C)(C)C. The van der Waals surface area contributed by atoms with E-state index in [1.807, 2.05) is 57.2 Å². The highest BCUT2D eigenvalue weighted by atomic mass is 35.5. The Bertz CT molecular complexity index is 922. The molecular weight excluding hydrogens is 436 g/mol. The first-order valence-electron chi connectivity index (χ1n) is 11.6. The van der Waals surface area contributed by atoms with Crippen LogP contribution in [0.5, 0.6) is 5.75 Å². The molecule has 0 unspecified atom stereocenters. The molecule has 0 spiro atoms. The fourth-order valence-electron chi connectivity index (χ4n) is 3.58. The number of hydrogen-bond acceptors (Lipinski definition) is 3. The van der Waals surface area contributed by atoms with Gasteiger partial charge in [-0.1, -0.05) is 76.6 Å². The van der Waals surface area contributed by atoms with Gasteiger partial charge in [-0.25, -0.2) is 0 Å². The molecule has 180 valence electrons. The Labute approximate surface area is 203 Å². The van der Waals surface area contributed by atoms with Gasteiger partial charge in [-0.2, -0.15) is 0 Å². The molecule has 0 heterocycles. The van der Waals surface area contributed by atoms with E-state index in [9.17, 15) is 9.59 Å². The van der Waals surface area contributed by atoms with Crippen molar-refractivity contribution >= 4 is 23.4 Å². The summed E-state index contributed by atoms with van der Waals surface area (Å²) < 4.78 is 6.00. The number of benzene rings is 2. The van der Waals surface area contributed by atoms with Crippen LogP contribution in [0.25, 0.3) is 0 Å². The molecule has 0 saturated carbocycles. The minimum absolute atomic E-state index is 0.0361. The molecule has 2 aromatic carbocycles. The summed E-state index contributed by atoms with van der Waals surface area (Å²) in [6.45, 7) is 12.4. The van der Waals surface area contributed by atoms with Crippen LogP contribution in [0.3, 0.4) is 0 Å². The standard InChI is InChI=1S/C27H37ClN2O3/c1-7-19(3)29-26(32)23(8-2)30(17-20-13-15-21(28)16-14-20)25(31)18-33-24-12-10-9-11-22(24)27(4,5)6/h9-16,19,23H,7-8,17-18H2,1-6H3,(H,29,32)/t19-,23-/m1/s1. The highest BCUT2D eigenvalue weighted by Crippen LogP contribution is 2.31. The molecule has 0 saturated heterocycles. The van der Waals surface area contributed by atoms with Crippen LogP contribution in [0.2, 0.25) is 5.02 Å². The first-order chi connectivity index (χ1) is 15.6. The number of carbonyl (C=O) groups is 2. The second-order valence-electron chi connectivity index (χ2n) is 9.42. The molecule has 5 nitrogen and oxygen atoms in total. The van der Waals surface area contributed by atoms with E-state index in [0.717, 1.165) is 17.5 Å². The van der Waals surface area contributed by atoms with Crippen molar-refractivity contribution in [3.05, 3.63) is 64.7 Å². The molecule has 2 rings (SSSR count). The van der Waals surface area contributed by atoms with E-state index in [0.29, 0.717) is 23.7 Å². The average Bonchev–Trinajstić information content (AvgIpc) is 2.78. The molecule has 0 aliphatic carbocycles. The van der Waals surface area contributed by atoms with Gasteiger partial charge < -0.3 is 15.0 Å². The molecule has 0 radical (unpaired) electrons. The summed E-state index contributed by atoms with van der Waals surface area (Å²) in [5.74, 6) is 0.297. The van der Waals surface area contributed by atoms with Crippen molar-refractivity contribution in [3.8, 4) is 5.75 Å². The second-order valence-corrected chi connectivity index (χ2v) is 9.86. The van der Waals surface area contributed by atoms with Gasteiger partial charge in [0.1, 0.15) is 11.8 Å². The lowest BCUT2D eigenvalue weighted by Crippen LogP contribution is -2.51. The van der Waals surface area contributed by atoms with E-state index in [2.05, 4.69) is 26.1 Å². The Morgan fingerprint density at radius 1 is 1.03 bits per heavy atom. The highest BCUT2D eigenvalue weighted by Gasteiger charge is 2.30. The molecule has 33 heavy (non-hydrogen) atoms. The first kappa shape index (κ1) is 26.7. The van der Waals surface area contributed by atoms with Crippen molar-refractivity contribution in [3.63, 3.8) is 0 Å². The number of para-hydroxylation sites is 1. The van der Waals surface area contributed by atoms with E-state index in [1.165, 1.54) is 0 Å². The fourth-order valence-corrected chi connectivity index (χ4v) is 3.71. The molecule has 2 atom stereocenters. The minimum Gasteiger partial charge on any atom is -0.483 e. The minimum atomic E-state index is -0.594. The largest absolute Gasteiger partial charge is 0.483 e. The summed E-state index contributed by atoms with van der Waals surface area (Å²) in [6, 6.07) is 14.5. The number of hydrogen-bond donors (Lipinski definition) is 1. The lowest BCUT2D eigenvalue weighted by atomic mass is 9.86. The summed E-state index contributed by atoms with van der Waals surface area (Å²) in [5.41, 5.74) is 1.81. The zero-order chi connectivity index (χ0) is 24.6. The van der Waals surface area contributed by atoms with Crippen LogP contribution in [0.1, 0.15) is 65.5 Å². The average molecular weight is 473 g/mol. The van der Waals surface area contributed by atoms with Gasteiger partial charge in [0, 0.05) is 17.6 Å². The Kier molecular flexibility index (Phi) is 9.78. The number of carbonyl (C=O) groups excluding carboxylic acids is 2. The molecule has 2 aromatic rings. The zero-order valence-electron chi connectivity index (χ0n) is 20.7. The summed E-state index contributed by atoms with van der Waals surface area (Å²) in [6.07, 6.45) is 1.32. The van der Waals surface area contributed by atoms with Crippen LogP contribution >= 0.6 is 11.6 Å². The molecular formula is C27H37ClN2O3. The van der Waals surface area contributed by atoms with Crippen molar-refractivity contribution in [2.24, 2.45) is 0 Å². The first-order valence-corrected chi connectivity index (χ1v) is 12.0. The van der Waals surface area contributed by atoms with Crippen molar-refractivity contribution in [1.82, 2.24) is 10.2 Å². The molecule has 0 aromatic heterocycles. The molecule has 0 fully saturated rings. The van der Waals surface area contributed by atoms with E-state index in [4.69, 9.17) is 16.3 Å². The van der Waals surface area contributed by atoms with E-state index >= 15 is 0 Å². The van der Waals surface area contributed by atoms with Crippen molar-refractivity contribution < 1.29 is 14.3 Å². The number of amides is 2. The number of ether oxygens (including phenoxy) is 1. The highest BCUT2D eigenvalue weighted by molar-refractivity contribution is 6.30. The Morgan fingerprint density at radius 3 is 2.24 bits per heavy atom. The normalized spacial score (nSPS) is 13.2. The monoisotopic (exact) mass is 472 g/mol. The van der Waals surface area contributed by atoms with E-state index in [1.54, 1.807) is 17.0 Å². The smallest absolute Gasteiger partial charge is 0.261 e. The van der Waals surface area contributed by atoms with Crippen LogP contribution in [0.4, 0.5) is 0 Å². The second kappa shape index (κ2) is 12.1. The number of halogens is 1. The molecule has 0 aliphatic heterocycles. The van der Waals surface area contributed by atoms with Gasteiger partial charge in [-0.15, -0.1) is 0 Å².